The molecule has 0 heterocycles. The first-order valence-electron chi connectivity index (χ1n) is 7.98. The molecular formula is C16H23FN2O3S2. The molecule has 0 spiro atoms. The molecule has 1 amide bonds. The Hall–Kier alpha value is -1.28. The van der Waals surface area contributed by atoms with Gasteiger partial charge in [0.25, 0.3) is 0 Å². The van der Waals surface area contributed by atoms with Crippen molar-refractivity contribution in [3.63, 3.8) is 0 Å². The van der Waals surface area contributed by atoms with Gasteiger partial charge in [0.05, 0.1) is 11.9 Å². The summed E-state index contributed by atoms with van der Waals surface area (Å²) in [6.45, 7) is 0.150. The van der Waals surface area contributed by atoms with Gasteiger partial charge in [-0.2, -0.15) is 11.8 Å². The summed E-state index contributed by atoms with van der Waals surface area (Å²) in [5.41, 5.74) is 0.146. The van der Waals surface area contributed by atoms with Crippen molar-refractivity contribution < 1.29 is 17.6 Å². The number of nitrogens with zero attached hydrogens (tertiary/aromatic N) is 1. The maximum absolute atomic E-state index is 13.3. The predicted octanol–water partition coefficient (Wildman–Crippen LogP) is 2.38. The molecule has 1 aliphatic carbocycles. The van der Waals surface area contributed by atoms with Gasteiger partial charge in [0.2, 0.25) is 15.9 Å². The van der Waals surface area contributed by atoms with Crippen molar-refractivity contribution in [2.75, 3.05) is 29.4 Å². The molecule has 0 aliphatic heterocycles. The van der Waals surface area contributed by atoms with Crippen LogP contribution in [0.2, 0.25) is 0 Å². The molecule has 1 aromatic rings. The molecule has 1 saturated carbocycles. The molecular weight excluding hydrogens is 351 g/mol. The van der Waals surface area contributed by atoms with E-state index in [0.29, 0.717) is 11.8 Å². The number of nitrogens with one attached hydrogen (secondary N) is 1. The van der Waals surface area contributed by atoms with Crippen LogP contribution in [-0.2, 0) is 14.8 Å². The number of hydrogen-bond acceptors (Lipinski definition) is 4. The maximum Gasteiger partial charge on any atom is 0.240 e. The normalized spacial score (nSPS) is 15.4. The summed E-state index contributed by atoms with van der Waals surface area (Å²) in [6, 6.07) is 5.21. The van der Waals surface area contributed by atoms with Crippen LogP contribution in [0.1, 0.15) is 25.7 Å². The first-order valence-corrected chi connectivity index (χ1v) is 10.9. The van der Waals surface area contributed by atoms with Crippen molar-refractivity contribution in [3.05, 3.63) is 30.1 Å². The summed E-state index contributed by atoms with van der Waals surface area (Å²) < 4.78 is 38.0. The van der Waals surface area contributed by atoms with Gasteiger partial charge in [-0.1, -0.05) is 18.9 Å². The van der Waals surface area contributed by atoms with Crippen molar-refractivity contribution in [1.82, 2.24) is 5.32 Å². The van der Waals surface area contributed by atoms with Crippen LogP contribution in [-0.4, -0.2) is 44.7 Å². The van der Waals surface area contributed by atoms with E-state index in [1.807, 2.05) is 11.8 Å². The van der Waals surface area contributed by atoms with Crippen LogP contribution in [0.4, 0.5) is 10.1 Å². The van der Waals surface area contributed by atoms with E-state index in [1.165, 1.54) is 43.9 Å². The van der Waals surface area contributed by atoms with Gasteiger partial charge in [-0.3, -0.25) is 9.10 Å². The van der Waals surface area contributed by atoms with E-state index in [2.05, 4.69) is 5.32 Å². The second-order valence-electron chi connectivity index (χ2n) is 5.88. The number of halogens is 1. The third kappa shape index (κ3) is 5.98. The molecule has 0 bridgehead atoms. The number of benzene rings is 1. The van der Waals surface area contributed by atoms with Crippen LogP contribution >= 0.6 is 11.8 Å². The number of sulfonamides is 1. The molecule has 1 fully saturated rings. The molecule has 0 saturated heterocycles. The Kier molecular flexibility index (Phi) is 6.91. The van der Waals surface area contributed by atoms with E-state index in [1.54, 1.807) is 0 Å². The Morgan fingerprint density at radius 1 is 1.38 bits per heavy atom. The van der Waals surface area contributed by atoms with Crippen molar-refractivity contribution >= 4 is 33.4 Å². The zero-order chi connectivity index (χ0) is 17.6. The van der Waals surface area contributed by atoms with Gasteiger partial charge in [0.1, 0.15) is 12.4 Å². The van der Waals surface area contributed by atoms with Gasteiger partial charge in [-0.25, -0.2) is 12.8 Å². The summed E-state index contributed by atoms with van der Waals surface area (Å²) >= 11 is 1.85. The highest BCUT2D eigenvalue weighted by Gasteiger charge is 2.21. The first kappa shape index (κ1) is 19.1. The molecule has 24 heavy (non-hydrogen) atoms. The fourth-order valence-electron chi connectivity index (χ4n) is 2.69. The molecule has 0 radical (unpaired) electrons. The summed E-state index contributed by atoms with van der Waals surface area (Å²) in [4.78, 5) is 12.0. The molecule has 0 aromatic heterocycles. The van der Waals surface area contributed by atoms with Crippen molar-refractivity contribution in [2.45, 2.75) is 30.9 Å². The lowest BCUT2D eigenvalue weighted by molar-refractivity contribution is -0.119. The van der Waals surface area contributed by atoms with Crippen LogP contribution < -0.4 is 9.62 Å². The number of anilines is 1. The zero-order valence-corrected chi connectivity index (χ0v) is 15.3. The second-order valence-corrected chi connectivity index (χ2v) is 9.19. The molecule has 0 atom stereocenters. The predicted molar refractivity (Wildman–Crippen MR) is 96.3 cm³/mol. The quantitative estimate of drug-likeness (QED) is 0.710. The number of rotatable bonds is 8. The van der Waals surface area contributed by atoms with E-state index in [-0.39, 0.29) is 12.2 Å². The summed E-state index contributed by atoms with van der Waals surface area (Å²) in [5, 5.41) is 3.42. The Balaban J connectivity index is 1.86. The molecule has 1 N–H and O–H groups in total. The fourth-order valence-corrected chi connectivity index (χ4v) is 4.76. The van der Waals surface area contributed by atoms with Crippen molar-refractivity contribution in [3.8, 4) is 0 Å². The second kappa shape index (κ2) is 8.71. The topological polar surface area (TPSA) is 66.5 Å². The van der Waals surface area contributed by atoms with E-state index in [0.717, 1.165) is 22.4 Å². The Labute approximate surface area is 147 Å². The third-order valence-electron chi connectivity index (χ3n) is 3.86. The minimum atomic E-state index is -3.67. The summed E-state index contributed by atoms with van der Waals surface area (Å²) in [7, 11) is -3.67. The van der Waals surface area contributed by atoms with E-state index in [4.69, 9.17) is 0 Å². The minimum Gasteiger partial charge on any atom is -0.354 e. The van der Waals surface area contributed by atoms with E-state index in [9.17, 15) is 17.6 Å². The van der Waals surface area contributed by atoms with Gasteiger partial charge < -0.3 is 5.32 Å². The van der Waals surface area contributed by atoms with Crippen LogP contribution in [0.3, 0.4) is 0 Å². The lowest BCUT2D eigenvalue weighted by Crippen LogP contribution is -2.41. The van der Waals surface area contributed by atoms with Gasteiger partial charge >= 0.3 is 0 Å². The number of carbonyl (C=O) groups is 1. The van der Waals surface area contributed by atoms with Crippen molar-refractivity contribution in [1.29, 1.82) is 0 Å². The average Bonchev–Trinajstić information content (AvgIpc) is 3.01. The number of hydrogen-bond donors (Lipinski definition) is 1. The van der Waals surface area contributed by atoms with Gasteiger partial charge in [0.15, 0.2) is 0 Å². The number of carbonyl (C=O) groups excluding carboxylic acids is 1. The maximum atomic E-state index is 13.3. The van der Waals surface area contributed by atoms with Crippen LogP contribution in [0, 0.1) is 5.82 Å². The van der Waals surface area contributed by atoms with Crippen LogP contribution in [0.25, 0.3) is 0 Å². The molecule has 5 nitrogen and oxygen atoms in total. The van der Waals surface area contributed by atoms with Gasteiger partial charge in [0, 0.05) is 17.5 Å². The minimum absolute atomic E-state index is 0.146. The SMILES string of the molecule is CS(=O)(=O)N(CC(=O)NCCSC1CCCC1)c1cccc(F)c1. The highest BCUT2D eigenvalue weighted by atomic mass is 32.2. The number of amides is 1. The fraction of sp³-hybridized carbons (Fsp3) is 0.562. The van der Waals surface area contributed by atoms with Crippen LogP contribution in [0.5, 0.6) is 0 Å². The Morgan fingerprint density at radius 3 is 2.71 bits per heavy atom. The number of thioether (sulfide) groups is 1. The van der Waals surface area contributed by atoms with Crippen molar-refractivity contribution in [2.24, 2.45) is 0 Å². The standard InChI is InChI=1S/C16H23FN2O3S2/c1-24(21,22)19(14-6-4-5-13(17)11-14)12-16(20)18-9-10-23-15-7-2-3-8-15/h4-6,11,15H,2-3,7-10,12H2,1H3,(H,18,20). The smallest absolute Gasteiger partial charge is 0.240 e. The molecule has 2 rings (SSSR count). The van der Waals surface area contributed by atoms with Crippen LogP contribution in [0.15, 0.2) is 24.3 Å². The Morgan fingerprint density at radius 2 is 2.08 bits per heavy atom. The monoisotopic (exact) mass is 374 g/mol. The molecule has 0 unspecified atom stereocenters. The molecule has 8 heteroatoms. The average molecular weight is 375 g/mol. The van der Waals surface area contributed by atoms with E-state index < -0.39 is 21.7 Å². The van der Waals surface area contributed by atoms with E-state index >= 15 is 0 Å². The summed E-state index contributed by atoms with van der Waals surface area (Å²) in [5.74, 6) is -0.124. The first-order chi connectivity index (χ1) is 11.4. The zero-order valence-electron chi connectivity index (χ0n) is 13.7. The lowest BCUT2D eigenvalue weighted by atomic mass is 10.3. The largest absolute Gasteiger partial charge is 0.354 e. The molecule has 134 valence electrons. The third-order valence-corrected chi connectivity index (χ3v) is 6.39. The highest BCUT2D eigenvalue weighted by Crippen LogP contribution is 2.28. The van der Waals surface area contributed by atoms with Gasteiger partial charge in [-0.15, -0.1) is 0 Å². The lowest BCUT2D eigenvalue weighted by Gasteiger charge is -2.22. The van der Waals surface area contributed by atoms with Gasteiger partial charge in [-0.05, 0) is 31.0 Å². The molecule has 1 aromatic carbocycles. The summed E-state index contributed by atoms with van der Waals surface area (Å²) in [6.07, 6.45) is 6.03. The highest BCUT2D eigenvalue weighted by molar-refractivity contribution is 7.99. The molecule has 1 aliphatic rings. The Bertz CT molecular complexity index is 661.